The summed E-state index contributed by atoms with van der Waals surface area (Å²) in [5.41, 5.74) is 2.07. The number of carbonyl (C=O) groups is 1. The first kappa shape index (κ1) is 14.8. The molecule has 0 aromatic heterocycles. The number of urea groups is 1. The number of nitrogens with one attached hydrogen (secondary N) is 2. The lowest BCUT2D eigenvalue weighted by molar-refractivity contribution is 0.144. The molecular formula is C16H14ClFN2O2. The third-order valence-electron chi connectivity index (χ3n) is 3.67. The van der Waals surface area contributed by atoms with Crippen molar-refractivity contribution < 1.29 is 14.3 Å². The van der Waals surface area contributed by atoms with E-state index in [-0.39, 0.29) is 10.7 Å². The smallest absolute Gasteiger partial charge is 0.319 e. The molecule has 2 aromatic carbocycles. The first-order valence-corrected chi connectivity index (χ1v) is 7.21. The van der Waals surface area contributed by atoms with Gasteiger partial charge in [-0.2, -0.15) is 0 Å². The van der Waals surface area contributed by atoms with Crippen molar-refractivity contribution in [3.63, 3.8) is 0 Å². The molecule has 2 aromatic rings. The van der Waals surface area contributed by atoms with Gasteiger partial charge in [0, 0.05) is 6.42 Å². The van der Waals surface area contributed by atoms with Crippen molar-refractivity contribution in [3.05, 3.63) is 64.4 Å². The largest absolute Gasteiger partial charge is 0.390 e. The van der Waals surface area contributed by atoms with E-state index in [0.29, 0.717) is 6.42 Å². The number of anilines is 1. The second-order valence-electron chi connectivity index (χ2n) is 5.17. The molecule has 0 saturated carbocycles. The second kappa shape index (κ2) is 5.94. The summed E-state index contributed by atoms with van der Waals surface area (Å²) in [6.07, 6.45) is -0.201. The number of hydrogen-bond donors (Lipinski definition) is 3. The molecule has 0 radical (unpaired) electrons. The maximum Gasteiger partial charge on any atom is 0.319 e. The van der Waals surface area contributed by atoms with Gasteiger partial charge in [0.05, 0.1) is 22.9 Å². The minimum absolute atomic E-state index is 0.180. The van der Waals surface area contributed by atoms with Crippen LogP contribution in [0.25, 0.3) is 0 Å². The fraction of sp³-hybridized carbons (Fsp3) is 0.188. The molecule has 0 spiro atoms. The van der Waals surface area contributed by atoms with Crippen LogP contribution in [-0.4, -0.2) is 17.2 Å². The fourth-order valence-corrected chi connectivity index (χ4v) is 2.81. The van der Waals surface area contributed by atoms with Crippen molar-refractivity contribution in [2.24, 2.45) is 0 Å². The second-order valence-corrected chi connectivity index (χ2v) is 5.58. The Morgan fingerprint density at radius 2 is 2.05 bits per heavy atom. The quantitative estimate of drug-likeness (QED) is 0.795. The molecule has 22 heavy (non-hydrogen) atoms. The molecular weight excluding hydrogens is 307 g/mol. The predicted octanol–water partition coefficient (Wildman–Crippen LogP) is 3.26. The van der Waals surface area contributed by atoms with Gasteiger partial charge in [0.15, 0.2) is 0 Å². The van der Waals surface area contributed by atoms with Crippen molar-refractivity contribution in [2.75, 3.05) is 5.32 Å². The Kier molecular flexibility index (Phi) is 4.00. The summed E-state index contributed by atoms with van der Waals surface area (Å²) < 4.78 is 13.2. The van der Waals surface area contributed by atoms with Gasteiger partial charge >= 0.3 is 6.03 Å². The van der Waals surface area contributed by atoms with Gasteiger partial charge < -0.3 is 15.7 Å². The monoisotopic (exact) mass is 320 g/mol. The lowest BCUT2D eigenvalue weighted by atomic mass is 10.1. The zero-order valence-electron chi connectivity index (χ0n) is 11.5. The van der Waals surface area contributed by atoms with Gasteiger partial charge in [-0.05, 0) is 29.3 Å². The van der Waals surface area contributed by atoms with Crippen molar-refractivity contribution in [2.45, 2.75) is 18.6 Å². The number of amides is 2. The summed E-state index contributed by atoms with van der Waals surface area (Å²) in [5, 5.41) is 15.5. The van der Waals surface area contributed by atoms with Crippen LogP contribution in [0.15, 0.2) is 42.5 Å². The van der Waals surface area contributed by atoms with Crippen LogP contribution in [0, 0.1) is 5.82 Å². The van der Waals surface area contributed by atoms with Crippen LogP contribution in [0.4, 0.5) is 14.9 Å². The van der Waals surface area contributed by atoms with Crippen molar-refractivity contribution >= 4 is 23.3 Å². The van der Waals surface area contributed by atoms with E-state index < -0.39 is 24.0 Å². The number of halogens is 2. The van der Waals surface area contributed by atoms with Crippen LogP contribution in [0.3, 0.4) is 0 Å². The van der Waals surface area contributed by atoms with E-state index in [2.05, 4.69) is 10.6 Å². The average molecular weight is 321 g/mol. The van der Waals surface area contributed by atoms with E-state index in [0.717, 1.165) is 17.2 Å². The summed E-state index contributed by atoms with van der Waals surface area (Å²) in [6.45, 7) is 0. The van der Waals surface area contributed by atoms with E-state index in [1.165, 1.54) is 12.1 Å². The number of carbonyl (C=O) groups excluding carboxylic acids is 1. The van der Waals surface area contributed by atoms with E-state index in [1.54, 1.807) is 0 Å². The Bertz CT molecular complexity index is 723. The summed E-state index contributed by atoms with van der Waals surface area (Å²) in [6, 6.07) is 10.2. The summed E-state index contributed by atoms with van der Waals surface area (Å²) in [5.74, 6) is -0.494. The Labute approximate surface area is 131 Å². The summed E-state index contributed by atoms with van der Waals surface area (Å²) in [4.78, 5) is 12.1. The van der Waals surface area contributed by atoms with E-state index >= 15 is 0 Å². The summed E-state index contributed by atoms with van der Waals surface area (Å²) in [7, 11) is 0. The molecule has 0 fully saturated rings. The summed E-state index contributed by atoms with van der Waals surface area (Å²) >= 11 is 5.91. The standard InChI is InChI=1S/C16H14ClFN2O2/c17-12-6-5-10(18)8-13(12)19-16(22)20-15-11-4-2-1-3-9(11)7-14(15)21/h1-6,8,14-15,21H,7H2,(H2,19,20,22)/t14-,15+/m1/s1. The number of benzene rings is 2. The predicted molar refractivity (Wildman–Crippen MR) is 82.5 cm³/mol. The number of fused-ring (bicyclic) bond motifs is 1. The third kappa shape index (κ3) is 2.91. The topological polar surface area (TPSA) is 61.4 Å². The molecule has 0 saturated heterocycles. The third-order valence-corrected chi connectivity index (χ3v) is 4.00. The van der Waals surface area contributed by atoms with Gasteiger partial charge in [-0.15, -0.1) is 0 Å². The van der Waals surface area contributed by atoms with Crippen LogP contribution < -0.4 is 10.6 Å². The highest BCUT2D eigenvalue weighted by atomic mass is 35.5. The van der Waals surface area contributed by atoms with E-state index in [4.69, 9.17) is 11.6 Å². The fourth-order valence-electron chi connectivity index (χ4n) is 2.64. The van der Waals surface area contributed by atoms with Crippen LogP contribution in [-0.2, 0) is 6.42 Å². The van der Waals surface area contributed by atoms with Gasteiger partial charge in [0.2, 0.25) is 0 Å². The van der Waals surface area contributed by atoms with Gasteiger partial charge in [-0.1, -0.05) is 35.9 Å². The first-order valence-electron chi connectivity index (χ1n) is 6.83. The van der Waals surface area contributed by atoms with Crippen molar-refractivity contribution in [1.82, 2.24) is 5.32 Å². The number of aliphatic hydroxyl groups is 1. The lowest BCUT2D eigenvalue weighted by Gasteiger charge is -2.18. The molecule has 2 atom stereocenters. The number of rotatable bonds is 2. The maximum atomic E-state index is 13.2. The van der Waals surface area contributed by atoms with Gasteiger partial charge in [-0.25, -0.2) is 9.18 Å². The Morgan fingerprint density at radius 3 is 2.86 bits per heavy atom. The van der Waals surface area contributed by atoms with Crippen molar-refractivity contribution in [1.29, 1.82) is 0 Å². The van der Waals surface area contributed by atoms with Crippen LogP contribution in [0.5, 0.6) is 0 Å². The molecule has 4 nitrogen and oxygen atoms in total. The Morgan fingerprint density at radius 1 is 1.27 bits per heavy atom. The molecule has 3 rings (SSSR count). The molecule has 1 aliphatic rings. The Balaban J connectivity index is 1.73. The normalized spacial score (nSPS) is 19.6. The highest BCUT2D eigenvalue weighted by molar-refractivity contribution is 6.33. The molecule has 114 valence electrons. The van der Waals surface area contributed by atoms with Crippen LogP contribution in [0.2, 0.25) is 5.02 Å². The number of aliphatic hydroxyl groups excluding tert-OH is 1. The van der Waals surface area contributed by atoms with Gasteiger partial charge in [0.1, 0.15) is 5.82 Å². The molecule has 3 N–H and O–H groups in total. The van der Waals surface area contributed by atoms with E-state index in [9.17, 15) is 14.3 Å². The molecule has 0 unspecified atom stereocenters. The maximum absolute atomic E-state index is 13.2. The Hall–Kier alpha value is -2.11. The highest BCUT2D eigenvalue weighted by Gasteiger charge is 2.31. The molecule has 1 aliphatic carbocycles. The average Bonchev–Trinajstić information content (AvgIpc) is 2.79. The first-order chi connectivity index (χ1) is 10.5. The van der Waals surface area contributed by atoms with Crippen LogP contribution >= 0.6 is 11.6 Å². The van der Waals surface area contributed by atoms with Crippen molar-refractivity contribution in [3.8, 4) is 0 Å². The number of hydrogen-bond acceptors (Lipinski definition) is 2. The molecule has 6 heteroatoms. The van der Waals surface area contributed by atoms with Gasteiger partial charge in [-0.3, -0.25) is 0 Å². The van der Waals surface area contributed by atoms with Gasteiger partial charge in [0.25, 0.3) is 0 Å². The van der Waals surface area contributed by atoms with E-state index in [1.807, 2.05) is 24.3 Å². The zero-order chi connectivity index (χ0) is 15.7. The minimum Gasteiger partial charge on any atom is -0.390 e. The molecule has 0 aliphatic heterocycles. The molecule has 2 amide bonds. The van der Waals surface area contributed by atoms with Crippen LogP contribution in [0.1, 0.15) is 17.2 Å². The minimum atomic E-state index is -0.689. The lowest BCUT2D eigenvalue weighted by Crippen LogP contribution is -2.36. The highest BCUT2D eigenvalue weighted by Crippen LogP contribution is 2.31. The SMILES string of the molecule is O=C(Nc1cc(F)ccc1Cl)N[C@H]1c2ccccc2C[C@H]1O. The zero-order valence-corrected chi connectivity index (χ0v) is 12.3. The molecule has 0 heterocycles. The molecule has 0 bridgehead atoms.